The van der Waals surface area contributed by atoms with Gasteiger partial charge in [-0.05, 0) is 31.7 Å². The van der Waals surface area contributed by atoms with E-state index in [-0.39, 0.29) is 0 Å². The largest absolute Gasteiger partial charge is 0.507 e. The van der Waals surface area contributed by atoms with Crippen molar-refractivity contribution in [2.24, 2.45) is 0 Å². The first kappa shape index (κ1) is 9.36. The molecule has 0 aliphatic rings. The number of rotatable bonds is 2. The van der Waals surface area contributed by atoms with Crippen LogP contribution in [0.4, 0.5) is 0 Å². The maximum absolute atomic E-state index is 9.55. The van der Waals surface area contributed by atoms with Crippen LogP contribution in [0.1, 0.15) is 11.1 Å². The van der Waals surface area contributed by atoms with Gasteiger partial charge in [0, 0.05) is 17.1 Å². The second kappa shape index (κ2) is 3.78. The molecule has 0 aliphatic heterocycles. The quantitative estimate of drug-likeness (QED) is 0.740. The second-order valence-corrected chi connectivity index (χ2v) is 3.20. The van der Waals surface area contributed by atoms with Gasteiger partial charge in [-0.15, -0.1) is 0 Å². The highest BCUT2D eigenvalue weighted by atomic mass is 35.5. The molecular weight excluding hydrogens is 174 g/mol. The molecule has 0 aliphatic carbocycles. The normalized spacial score (nSPS) is 10.2. The number of nitrogens with one attached hydrogen (secondary N) is 1. The van der Waals surface area contributed by atoms with Crippen molar-refractivity contribution in [1.29, 1.82) is 0 Å². The molecular formula is C9H12ClNO. The predicted molar refractivity (Wildman–Crippen MR) is 50.6 cm³/mol. The highest BCUT2D eigenvalue weighted by molar-refractivity contribution is 6.30. The summed E-state index contributed by atoms with van der Waals surface area (Å²) in [6.07, 6.45) is 0. The van der Waals surface area contributed by atoms with E-state index < -0.39 is 0 Å². The first-order valence-electron chi connectivity index (χ1n) is 3.77. The number of aryl methyl sites for hydroxylation is 1. The minimum Gasteiger partial charge on any atom is -0.507 e. The molecule has 0 fully saturated rings. The smallest absolute Gasteiger partial charge is 0.123 e. The Morgan fingerprint density at radius 2 is 2.17 bits per heavy atom. The van der Waals surface area contributed by atoms with Crippen molar-refractivity contribution >= 4 is 11.6 Å². The molecule has 0 saturated carbocycles. The minimum absolute atomic E-state index is 0.328. The fraction of sp³-hybridized carbons (Fsp3) is 0.333. The van der Waals surface area contributed by atoms with Gasteiger partial charge in [0.2, 0.25) is 0 Å². The number of hydrogen-bond acceptors (Lipinski definition) is 2. The number of phenolic OH excluding ortho intramolecular Hbond substituents is 1. The molecule has 0 saturated heterocycles. The van der Waals surface area contributed by atoms with Crippen LogP contribution in [-0.2, 0) is 6.54 Å². The Hall–Kier alpha value is -0.730. The fourth-order valence-electron chi connectivity index (χ4n) is 1.13. The Balaban J connectivity index is 3.09. The molecule has 12 heavy (non-hydrogen) atoms. The van der Waals surface area contributed by atoms with Crippen LogP contribution in [0.2, 0.25) is 5.02 Å². The van der Waals surface area contributed by atoms with Crippen LogP contribution >= 0.6 is 11.6 Å². The van der Waals surface area contributed by atoms with Gasteiger partial charge in [-0.3, -0.25) is 0 Å². The van der Waals surface area contributed by atoms with Gasteiger partial charge in [0.15, 0.2) is 0 Å². The summed E-state index contributed by atoms with van der Waals surface area (Å²) in [6.45, 7) is 2.47. The third-order valence-corrected chi connectivity index (χ3v) is 1.93. The minimum atomic E-state index is 0.328. The van der Waals surface area contributed by atoms with E-state index in [2.05, 4.69) is 5.32 Å². The first-order valence-corrected chi connectivity index (χ1v) is 4.15. The van der Waals surface area contributed by atoms with Crippen molar-refractivity contribution in [1.82, 2.24) is 5.32 Å². The fourth-order valence-corrected chi connectivity index (χ4v) is 1.43. The zero-order chi connectivity index (χ0) is 9.14. The molecule has 2 nitrogen and oxygen atoms in total. The van der Waals surface area contributed by atoms with Crippen LogP contribution in [0.15, 0.2) is 12.1 Å². The van der Waals surface area contributed by atoms with Crippen molar-refractivity contribution in [2.45, 2.75) is 13.5 Å². The number of phenols is 1. The Kier molecular flexibility index (Phi) is 2.95. The van der Waals surface area contributed by atoms with E-state index in [1.54, 1.807) is 12.1 Å². The first-order chi connectivity index (χ1) is 5.65. The lowest BCUT2D eigenvalue weighted by atomic mass is 10.1. The molecule has 2 N–H and O–H groups in total. The van der Waals surface area contributed by atoms with Crippen LogP contribution in [0, 0.1) is 6.92 Å². The zero-order valence-corrected chi connectivity index (χ0v) is 7.94. The topological polar surface area (TPSA) is 32.3 Å². The molecule has 1 rings (SSSR count). The van der Waals surface area contributed by atoms with E-state index in [1.165, 1.54) is 0 Å². The lowest BCUT2D eigenvalue weighted by Crippen LogP contribution is -2.05. The van der Waals surface area contributed by atoms with E-state index in [1.807, 2.05) is 14.0 Å². The Bertz CT molecular complexity index is 286. The average molecular weight is 186 g/mol. The highest BCUT2D eigenvalue weighted by Gasteiger charge is 2.04. The standard InChI is InChI=1S/C9H12ClNO/c1-6-3-8(10)4-7(5-11-2)9(6)12/h3-4,11-12H,5H2,1-2H3. The van der Waals surface area contributed by atoms with Gasteiger partial charge in [0.1, 0.15) is 5.75 Å². The van der Waals surface area contributed by atoms with Crippen LogP contribution in [0.3, 0.4) is 0 Å². The van der Waals surface area contributed by atoms with Gasteiger partial charge in [-0.2, -0.15) is 0 Å². The molecule has 1 aromatic rings. The lowest BCUT2D eigenvalue weighted by Gasteiger charge is -2.06. The van der Waals surface area contributed by atoms with Gasteiger partial charge in [-0.25, -0.2) is 0 Å². The zero-order valence-electron chi connectivity index (χ0n) is 7.19. The van der Waals surface area contributed by atoms with E-state index in [0.29, 0.717) is 17.3 Å². The van der Waals surface area contributed by atoms with Crippen molar-refractivity contribution in [3.05, 3.63) is 28.3 Å². The molecule has 0 atom stereocenters. The number of aromatic hydroxyl groups is 1. The highest BCUT2D eigenvalue weighted by Crippen LogP contribution is 2.25. The number of halogens is 1. The Morgan fingerprint density at radius 1 is 1.50 bits per heavy atom. The number of hydrogen-bond donors (Lipinski definition) is 2. The van der Waals surface area contributed by atoms with Gasteiger partial charge in [0.05, 0.1) is 0 Å². The summed E-state index contributed by atoms with van der Waals surface area (Å²) in [6, 6.07) is 3.51. The molecule has 66 valence electrons. The maximum atomic E-state index is 9.55. The predicted octanol–water partition coefficient (Wildman–Crippen LogP) is 2.07. The van der Waals surface area contributed by atoms with Crippen LogP contribution in [-0.4, -0.2) is 12.2 Å². The molecule has 0 bridgehead atoms. The Labute approximate surface area is 77.2 Å². The molecule has 0 amide bonds. The summed E-state index contributed by atoms with van der Waals surface area (Å²) in [5.74, 6) is 0.328. The third kappa shape index (κ3) is 1.90. The van der Waals surface area contributed by atoms with Gasteiger partial charge in [-0.1, -0.05) is 11.6 Å². The molecule has 1 aromatic carbocycles. The van der Waals surface area contributed by atoms with Crippen LogP contribution in [0.5, 0.6) is 5.75 Å². The van der Waals surface area contributed by atoms with Crippen LogP contribution in [0.25, 0.3) is 0 Å². The number of benzene rings is 1. The van der Waals surface area contributed by atoms with Crippen molar-refractivity contribution in [3.8, 4) is 5.75 Å². The molecule has 0 aromatic heterocycles. The van der Waals surface area contributed by atoms with Crippen LogP contribution < -0.4 is 5.32 Å². The van der Waals surface area contributed by atoms with Gasteiger partial charge >= 0.3 is 0 Å². The summed E-state index contributed by atoms with van der Waals surface area (Å²) in [7, 11) is 1.83. The second-order valence-electron chi connectivity index (χ2n) is 2.76. The maximum Gasteiger partial charge on any atom is 0.123 e. The summed E-state index contributed by atoms with van der Waals surface area (Å²) in [5.41, 5.74) is 1.65. The molecule has 0 unspecified atom stereocenters. The SMILES string of the molecule is CNCc1cc(Cl)cc(C)c1O. The average Bonchev–Trinajstić information content (AvgIpc) is 2.00. The molecule has 3 heteroatoms. The molecule has 0 radical (unpaired) electrons. The van der Waals surface area contributed by atoms with E-state index in [4.69, 9.17) is 11.6 Å². The lowest BCUT2D eigenvalue weighted by molar-refractivity contribution is 0.462. The van der Waals surface area contributed by atoms with Crippen molar-refractivity contribution in [3.63, 3.8) is 0 Å². The summed E-state index contributed by atoms with van der Waals surface area (Å²) in [5, 5.41) is 13.2. The summed E-state index contributed by atoms with van der Waals surface area (Å²) in [4.78, 5) is 0. The van der Waals surface area contributed by atoms with E-state index in [0.717, 1.165) is 11.1 Å². The van der Waals surface area contributed by atoms with Gasteiger partial charge < -0.3 is 10.4 Å². The van der Waals surface area contributed by atoms with E-state index >= 15 is 0 Å². The third-order valence-electron chi connectivity index (χ3n) is 1.71. The summed E-state index contributed by atoms with van der Waals surface area (Å²) >= 11 is 5.82. The molecule has 0 spiro atoms. The van der Waals surface area contributed by atoms with Crippen molar-refractivity contribution in [2.75, 3.05) is 7.05 Å². The van der Waals surface area contributed by atoms with Crippen molar-refractivity contribution < 1.29 is 5.11 Å². The Morgan fingerprint density at radius 3 is 2.75 bits per heavy atom. The monoisotopic (exact) mass is 185 g/mol. The van der Waals surface area contributed by atoms with Gasteiger partial charge in [0.25, 0.3) is 0 Å². The summed E-state index contributed by atoms with van der Waals surface area (Å²) < 4.78 is 0. The van der Waals surface area contributed by atoms with E-state index in [9.17, 15) is 5.11 Å². The molecule has 0 heterocycles.